The molecule has 2 aromatic rings. The van der Waals surface area contributed by atoms with Crippen LogP contribution < -0.4 is 5.32 Å². The monoisotopic (exact) mass is 277 g/mol. The molecule has 0 saturated carbocycles. The highest BCUT2D eigenvalue weighted by molar-refractivity contribution is 6.25. The normalized spacial score (nSPS) is 13.7. The van der Waals surface area contributed by atoms with Gasteiger partial charge in [-0.2, -0.15) is 0 Å². The van der Waals surface area contributed by atoms with Gasteiger partial charge in [-0.25, -0.2) is 0 Å². The summed E-state index contributed by atoms with van der Waals surface area (Å²) in [6, 6.07) is 13.0. The number of hydrogen-bond donors (Lipinski definition) is 1. The summed E-state index contributed by atoms with van der Waals surface area (Å²) in [5, 5.41) is 3.03. The van der Waals surface area contributed by atoms with Gasteiger partial charge in [0.15, 0.2) is 5.78 Å². The molecule has 0 spiro atoms. The van der Waals surface area contributed by atoms with E-state index in [2.05, 4.69) is 5.32 Å². The van der Waals surface area contributed by atoms with E-state index in [4.69, 9.17) is 0 Å². The molecule has 1 aliphatic rings. The van der Waals surface area contributed by atoms with E-state index in [0.717, 1.165) is 16.8 Å². The van der Waals surface area contributed by atoms with Gasteiger partial charge in [0.1, 0.15) is 0 Å². The Balaban J connectivity index is 1.95. The molecule has 0 aromatic heterocycles. The van der Waals surface area contributed by atoms with Crippen molar-refractivity contribution in [2.75, 3.05) is 5.32 Å². The number of hydrogen-bond acceptors (Lipinski definition) is 3. The lowest BCUT2D eigenvalue weighted by atomic mass is 9.91. The van der Waals surface area contributed by atoms with Crippen LogP contribution in [0, 0.1) is 13.8 Å². The Kier molecular flexibility index (Phi) is 3.18. The number of anilines is 1. The number of rotatable bonds is 2. The van der Waals surface area contributed by atoms with Crippen LogP contribution in [-0.2, 0) is 0 Å². The quantitative estimate of drug-likeness (QED) is 0.910. The number of fused-ring (bicyclic) bond motifs is 1. The summed E-state index contributed by atoms with van der Waals surface area (Å²) >= 11 is 0. The second kappa shape index (κ2) is 5.02. The predicted octanol–water partition coefficient (Wildman–Crippen LogP) is 3.68. The minimum Gasteiger partial charge on any atom is -0.352 e. The number of nitrogens with one attached hydrogen (secondary N) is 1. The molecule has 0 saturated heterocycles. The highest BCUT2D eigenvalue weighted by atomic mass is 16.1. The second-order valence-corrected chi connectivity index (χ2v) is 5.29. The van der Waals surface area contributed by atoms with E-state index < -0.39 is 0 Å². The van der Waals surface area contributed by atoms with Crippen molar-refractivity contribution in [1.82, 2.24) is 0 Å². The van der Waals surface area contributed by atoms with Crippen LogP contribution in [0.15, 0.2) is 54.2 Å². The van der Waals surface area contributed by atoms with Gasteiger partial charge in [0.25, 0.3) is 0 Å². The van der Waals surface area contributed by atoms with Crippen LogP contribution in [0.2, 0.25) is 0 Å². The fraction of sp³-hybridized carbons (Fsp3) is 0.111. The number of benzene rings is 2. The number of Topliss-reactive ketones (excluding diaryl/α,β-unsaturated/α-hetero) is 1. The SMILES string of the molecule is Cc1ccc(NC2=CC(=O)c3cc(C)ccc3C2=O)cc1. The van der Waals surface area contributed by atoms with Gasteiger partial charge in [0.2, 0.25) is 5.78 Å². The summed E-state index contributed by atoms with van der Waals surface area (Å²) in [5.74, 6) is -0.284. The number of ketones is 2. The summed E-state index contributed by atoms with van der Waals surface area (Å²) in [6.45, 7) is 3.90. The number of allylic oxidation sites excluding steroid dienone is 2. The van der Waals surface area contributed by atoms with E-state index in [9.17, 15) is 9.59 Å². The Morgan fingerprint density at radius 2 is 1.48 bits per heavy atom. The van der Waals surface area contributed by atoms with Crippen LogP contribution in [0.3, 0.4) is 0 Å². The van der Waals surface area contributed by atoms with Crippen molar-refractivity contribution in [2.45, 2.75) is 13.8 Å². The van der Waals surface area contributed by atoms with Gasteiger partial charge >= 0.3 is 0 Å². The largest absolute Gasteiger partial charge is 0.352 e. The molecule has 104 valence electrons. The third kappa shape index (κ3) is 2.50. The van der Waals surface area contributed by atoms with Gasteiger partial charge in [-0.1, -0.05) is 29.3 Å². The van der Waals surface area contributed by atoms with Crippen molar-refractivity contribution in [1.29, 1.82) is 0 Å². The smallest absolute Gasteiger partial charge is 0.210 e. The van der Waals surface area contributed by atoms with E-state index >= 15 is 0 Å². The fourth-order valence-electron chi connectivity index (χ4n) is 2.36. The minimum atomic E-state index is -0.148. The van der Waals surface area contributed by atoms with Crippen LogP contribution in [-0.4, -0.2) is 11.6 Å². The summed E-state index contributed by atoms with van der Waals surface area (Å²) in [6.07, 6.45) is 1.38. The minimum absolute atomic E-state index is 0.136. The van der Waals surface area contributed by atoms with Crippen LogP contribution >= 0.6 is 0 Å². The summed E-state index contributed by atoms with van der Waals surface area (Å²) in [7, 11) is 0. The maximum absolute atomic E-state index is 12.5. The van der Waals surface area contributed by atoms with E-state index in [-0.39, 0.29) is 11.6 Å². The van der Waals surface area contributed by atoms with Gasteiger partial charge in [0, 0.05) is 22.9 Å². The van der Waals surface area contributed by atoms with E-state index in [1.165, 1.54) is 6.08 Å². The van der Waals surface area contributed by atoms with Crippen molar-refractivity contribution in [3.05, 3.63) is 76.5 Å². The van der Waals surface area contributed by atoms with Crippen LogP contribution in [0.4, 0.5) is 5.69 Å². The lowest BCUT2D eigenvalue weighted by Crippen LogP contribution is -2.21. The van der Waals surface area contributed by atoms with Gasteiger partial charge in [0.05, 0.1) is 5.70 Å². The summed E-state index contributed by atoms with van der Waals surface area (Å²) < 4.78 is 0. The lowest BCUT2D eigenvalue weighted by molar-refractivity contribution is 0.0985. The zero-order valence-corrected chi connectivity index (χ0v) is 11.9. The Hall–Kier alpha value is -2.68. The van der Waals surface area contributed by atoms with Crippen molar-refractivity contribution < 1.29 is 9.59 Å². The molecule has 3 rings (SSSR count). The van der Waals surface area contributed by atoms with E-state index in [1.54, 1.807) is 12.1 Å². The third-order valence-electron chi connectivity index (χ3n) is 3.54. The Morgan fingerprint density at radius 3 is 2.19 bits per heavy atom. The van der Waals surface area contributed by atoms with Crippen LogP contribution in [0.5, 0.6) is 0 Å². The molecule has 21 heavy (non-hydrogen) atoms. The predicted molar refractivity (Wildman–Crippen MR) is 82.7 cm³/mol. The maximum atomic E-state index is 12.5. The molecule has 0 atom stereocenters. The first-order chi connectivity index (χ1) is 10.0. The molecule has 0 heterocycles. The molecule has 1 N–H and O–H groups in total. The summed E-state index contributed by atoms with van der Waals surface area (Å²) in [5.41, 5.74) is 4.17. The molecule has 3 nitrogen and oxygen atoms in total. The number of carbonyl (C=O) groups is 2. The van der Waals surface area contributed by atoms with Gasteiger partial charge in [-0.15, -0.1) is 0 Å². The molecule has 0 fully saturated rings. The Bertz CT molecular complexity index is 770. The Labute approximate surface area is 123 Å². The molecular weight excluding hydrogens is 262 g/mol. The van der Waals surface area contributed by atoms with E-state index in [1.807, 2.05) is 44.2 Å². The molecule has 0 aliphatic heterocycles. The lowest BCUT2D eigenvalue weighted by Gasteiger charge is -2.17. The highest BCUT2D eigenvalue weighted by Crippen LogP contribution is 2.23. The molecule has 1 aliphatic carbocycles. The number of aryl methyl sites for hydroxylation is 2. The zero-order chi connectivity index (χ0) is 15.0. The van der Waals surface area contributed by atoms with Crippen LogP contribution in [0.1, 0.15) is 31.8 Å². The molecule has 2 aromatic carbocycles. The number of carbonyl (C=O) groups excluding carboxylic acids is 2. The van der Waals surface area contributed by atoms with Crippen molar-refractivity contribution in [2.24, 2.45) is 0 Å². The topological polar surface area (TPSA) is 46.2 Å². The average molecular weight is 277 g/mol. The molecule has 0 amide bonds. The van der Waals surface area contributed by atoms with Crippen molar-refractivity contribution in [3.8, 4) is 0 Å². The maximum Gasteiger partial charge on any atom is 0.210 e. The van der Waals surface area contributed by atoms with Crippen molar-refractivity contribution in [3.63, 3.8) is 0 Å². The molecule has 3 heteroatoms. The van der Waals surface area contributed by atoms with Gasteiger partial charge in [-0.3, -0.25) is 9.59 Å². The summed E-state index contributed by atoms with van der Waals surface area (Å²) in [4.78, 5) is 24.6. The molecule has 0 bridgehead atoms. The Morgan fingerprint density at radius 1 is 0.810 bits per heavy atom. The molecular formula is C18H15NO2. The molecule has 0 radical (unpaired) electrons. The highest BCUT2D eigenvalue weighted by Gasteiger charge is 2.25. The fourth-order valence-corrected chi connectivity index (χ4v) is 2.36. The standard InChI is InChI=1S/C18H15NO2/c1-11-3-6-13(7-4-11)19-16-10-17(20)15-9-12(2)5-8-14(15)18(16)21/h3-10,19H,1-2H3. The first kappa shape index (κ1) is 13.3. The van der Waals surface area contributed by atoms with E-state index in [0.29, 0.717) is 16.8 Å². The van der Waals surface area contributed by atoms with Crippen LogP contribution in [0.25, 0.3) is 0 Å². The molecule has 0 unspecified atom stereocenters. The first-order valence-corrected chi connectivity index (χ1v) is 6.79. The first-order valence-electron chi connectivity index (χ1n) is 6.79. The zero-order valence-electron chi connectivity index (χ0n) is 11.9. The van der Waals surface area contributed by atoms with Gasteiger partial charge in [-0.05, 0) is 38.1 Å². The second-order valence-electron chi connectivity index (χ2n) is 5.29. The third-order valence-corrected chi connectivity index (χ3v) is 3.54. The van der Waals surface area contributed by atoms with Gasteiger partial charge < -0.3 is 5.32 Å². The average Bonchev–Trinajstić information content (AvgIpc) is 2.47. The van der Waals surface area contributed by atoms with Crippen molar-refractivity contribution >= 4 is 17.3 Å².